The standard InChI is InChI=1S/C21H21FN2O5/c1-21(11-14-6-4-5-7-17(14)28-2)19(26)24(20(27)23-21)12-16(25)13-8-9-18(29-3)15(22)10-13/h4-10H,11-12H2,1-3H3,(H,23,27)/t21-/m1/s1. The molecule has 0 radical (unpaired) electrons. The summed E-state index contributed by atoms with van der Waals surface area (Å²) in [7, 11) is 2.84. The van der Waals surface area contributed by atoms with Gasteiger partial charge in [-0.2, -0.15) is 0 Å². The maximum atomic E-state index is 13.9. The van der Waals surface area contributed by atoms with Crippen molar-refractivity contribution >= 4 is 17.7 Å². The first-order valence-electron chi connectivity index (χ1n) is 8.92. The number of para-hydroxylation sites is 1. The Kier molecular flexibility index (Phi) is 5.54. The van der Waals surface area contributed by atoms with E-state index in [2.05, 4.69) is 5.32 Å². The average molecular weight is 400 g/mol. The van der Waals surface area contributed by atoms with Crippen LogP contribution in [0.15, 0.2) is 42.5 Å². The van der Waals surface area contributed by atoms with Crippen LogP contribution in [0.3, 0.4) is 0 Å². The van der Waals surface area contributed by atoms with Crippen LogP contribution in [0.5, 0.6) is 11.5 Å². The van der Waals surface area contributed by atoms with Crippen molar-refractivity contribution in [2.75, 3.05) is 20.8 Å². The average Bonchev–Trinajstić information content (AvgIpc) is 2.91. The Hall–Kier alpha value is -3.42. The molecular weight excluding hydrogens is 379 g/mol. The van der Waals surface area contributed by atoms with Gasteiger partial charge in [0, 0.05) is 12.0 Å². The van der Waals surface area contributed by atoms with E-state index in [1.54, 1.807) is 25.1 Å². The van der Waals surface area contributed by atoms with E-state index < -0.39 is 35.6 Å². The molecule has 2 aromatic carbocycles. The number of rotatable bonds is 7. The van der Waals surface area contributed by atoms with Crippen molar-refractivity contribution in [3.8, 4) is 11.5 Å². The highest BCUT2D eigenvalue weighted by atomic mass is 19.1. The Morgan fingerprint density at radius 1 is 1.10 bits per heavy atom. The number of nitrogens with one attached hydrogen (secondary N) is 1. The fraction of sp³-hybridized carbons (Fsp3) is 0.286. The molecule has 1 fully saturated rings. The molecule has 1 heterocycles. The van der Waals surface area contributed by atoms with Crippen molar-refractivity contribution in [1.29, 1.82) is 0 Å². The van der Waals surface area contributed by atoms with Gasteiger partial charge in [0.2, 0.25) is 0 Å². The van der Waals surface area contributed by atoms with Gasteiger partial charge >= 0.3 is 6.03 Å². The second kappa shape index (κ2) is 7.90. The van der Waals surface area contributed by atoms with Gasteiger partial charge < -0.3 is 14.8 Å². The van der Waals surface area contributed by atoms with Crippen LogP contribution in [0, 0.1) is 5.82 Å². The molecule has 7 nitrogen and oxygen atoms in total. The van der Waals surface area contributed by atoms with E-state index in [1.165, 1.54) is 26.4 Å². The number of ether oxygens (including phenoxy) is 2. The minimum atomic E-state index is -1.23. The third-order valence-corrected chi connectivity index (χ3v) is 4.86. The number of Topliss-reactive ketones (excluding diaryl/α,β-unsaturated/α-hetero) is 1. The summed E-state index contributed by atoms with van der Waals surface area (Å²) in [6.07, 6.45) is 0.198. The molecule has 0 saturated carbocycles. The summed E-state index contributed by atoms with van der Waals surface area (Å²) < 4.78 is 24.0. The number of benzene rings is 2. The first-order valence-corrected chi connectivity index (χ1v) is 8.92. The number of urea groups is 1. The molecule has 0 bridgehead atoms. The molecule has 8 heteroatoms. The highest BCUT2D eigenvalue weighted by Crippen LogP contribution is 2.27. The summed E-state index contributed by atoms with van der Waals surface area (Å²) in [5.41, 5.74) is -0.435. The van der Waals surface area contributed by atoms with Crippen LogP contribution >= 0.6 is 0 Å². The largest absolute Gasteiger partial charge is 0.496 e. The Balaban J connectivity index is 1.78. The lowest BCUT2D eigenvalue weighted by molar-refractivity contribution is -0.130. The predicted molar refractivity (Wildman–Crippen MR) is 103 cm³/mol. The molecule has 1 N–H and O–H groups in total. The van der Waals surface area contributed by atoms with Crippen LogP contribution in [0.2, 0.25) is 0 Å². The number of imide groups is 1. The summed E-state index contributed by atoms with van der Waals surface area (Å²) in [4.78, 5) is 38.7. The maximum Gasteiger partial charge on any atom is 0.325 e. The Morgan fingerprint density at radius 3 is 2.45 bits per heavy atom. The van der Waals surface area contributed by atoms with Crippen molar-refractivity contribution in [2.45, 2.75) is 18.9 Å². The molecular formula is C21H21FN2O5. The van der Waals surface area contributed by atoms with Gasteiger partial charge in [-0.3, -0.25) is 14.5 Å². The number of halogens is 1. The van der Waals surface area contributed by atoms with Gasteiger partial charge in [0.05, 0.1) is 20.8 Å². The predicted octanol–water partition coefficient (Wildman–Crippen LogP) is 2.58. The number of methoxy groups -OCH3 is 2. The number of carbonyl (C=O) groups excluding carboxylic acids is 3. The fourth-order valence-electron chi connectivity index (χ4n) is 3.32. The summed E-state index contributed by atoms with van der Waals surface area (Å²) in [6.45, 7) is 1.11. The molecule has 29 heavy (non-hydrogen) atoms. The molecule has 1 aliphatic rings. The van der Waals surface area contributed by atoms with Crippen LogP contribution < -0.4 is 14.8 Å². The van der Waals surface area contributed by atoms with E-state index in [9.17, 15) is 18.8 Å². The van der Waals surface area contributed by atoms with Crippen molar-refractivity contribution in [1.82, 2.24) is 10.2 Å². The third-order valence-electron chi connectivity index (χ3n) is 4.86. The fourth-order valence-corrected chi connectivity index (χ4v) is 3.32. The lowest BCUT2D eigenvalue weighted by Gasteiger charge is -2.22. The van der Waals surface area contributed by atoms with E-state index in [-0.39, 0.29) is 17.7 Å². The molecule has 1 atom stereocenters. The zero-order chi connectivity index (χ0) is 21.2. The van der Waals surface area contributed by atoms with Gasteiger partial charge in [0.1, 0.15) is 11.3 Å². The molecule has 0 aliphatic carbocycles. The van der Waals surface area contributed by atoms with Crippen molar-refractivity contribution in [3.05, 3.63) is 59.4 Å². The Bertz CT molecular complexity index is 977. The van der Waals surface area contributed by atoms with E-state index in [1.807, 2.05) is 6.07 Å². The first kappa shape index (κ1) is 20.3. The molecule has 152 valence electrons. The van der Waals surface area contributed by atoms with Crippen LogP contribution in [0.4, 0.5) is 9.18 Å². The van der Waals surface area contributed by atoms with E-state index in [0.29, 0.717) is 5.75 Å². The van der Waals surface area contributed by atoms with E-state index in [4.69, 9.17) is 9.47 Å². The molecule has 2 aromatic rings. The monoisotopic (exact) mass is 400 g/mol. The number of hydrogen-bond acceptors (Lipinski definition) is 5. The molecule has 0 aromatic heterocycles. The number of nitrogens with zero attached hydrogens (tertiary/aromatic N) is 1. The molecule has 3 amide bonds. The highest BCUT2D eigenvalue weighted by Gasteiger charge is 2.48. The van der Waals surface area contributed by atoms with Gasteiger partial charge in [-0.15, -0.1) is 0 Å². The topological polar surface area (TPSA) is 84.9 Å². The lowest BCUT2D eigenvalue weighted by Crippen LogP contribution is -2.46. The number of carbonyl (C=O) groups is 3. The smallest absolute Gasteiger partial charge is 0.325 e. The number of ketones is 1. The second-order valence-electron chi connectivity index (χ2n) is 6.91. The minimum Gasteiger partial charge on any atom is -0.496 e. The zero-order valence-corrected chi connectivity index (χ0v) is 16.3. The molecule has 1 saturated heterocycles. The maximum absolute atomic E-state index is 13.9. The normalized spacial score (nSPS) is 18.6. The summed E-state index contributed by atoms with van der Waals surface area (Å²) in [5.74, 6) is -1.19. The van der Waals surface area contributed by atoms with Crippen LogP contribution in [-0.2, 0) is 11.2 Å². The van der Waals surface area contributed by atoms with Crippen molar-refractivity contribution < 1.29 is 28.2 Å². The van der Waals surface area contributed by atoms with Crippen LogP contribution in [0.25, 0.3) is 0 Å². The molecule has 1 aliphatic heterocycles. The lowest BCUT2D eigenvalue weighted by atomic mass is 9.92. The van der Waals surface area contributed by atoms with E-state index in [0.717, 1.165) is 16.5 Å². The first-order chi connectivity index (χ1) is 13.8. The highest BCUT2D eigenvalue weighted by molar-refractivity contribution is 6.11. The zero-order valence-electron chi connectivity index (χ0n) is 16.3. The molecule has 0 unspecified atom stereocenters. The van der Waals surface area contributed by atoms with Crippen molar-refractivity contribution in [3.63, 3.8) is 0 Å². The van der Waals surface area contributed by atoms with Gasteiger partial charge in [0.25, 0.3) is 5.91 Å². The Labute approximate surface area is 167 Å². The quantitative estimate of drug-likeness (QED) is 0.570. The molecule has 0 spiro atoms. The van der Waals surface area contributed by atoms with Crippen molar-refractivity contribution in [2.24, 2.45) is 0 Å². The van der Waals surface area contributed by atoms with Gasteiger partial charge in [-0.1, -0.05) is 18.2 Å². The number of hydrogen-bond donors (Lipinski definition) is 1. The van der Waals surface area contributed by atoms with Gasteiger partial charge in [-0.05, 0) is 36.8 Å². The van der Waals surface area contributed by atoms with Crippen LogP contribution in [-0.4, -0.2) is 48.9 Å². The van der Waals surface area contributed by atoms with E-state index >= 15 is 0 Å². The Morgan fingerprint density at radius 2 is 1.79 bits per heavy atom. The van der Waals surface area contributed by atoms with Crippen LogP contribution in [0.1, 0.15) is 22.8 Å². The minimum absolute atomic E-state index is 0.000857. The molecule has 3 rings (SSSR count). The number of amides is 3. The summed E-state index contributed by atoms with van der Waals surface area (Å²) in [6, 6.07) is 10.2. The summed E-state index contributed by atoms with van der Waals surface area (Å²) in [5, 5.41) is 2.65. The van der Waals surface area contributed by atoms with Gasteiger partial charge in [0.15, 0.2) is 17.3 Å². The SMILES string of the molecule is COc1ccc(C(=O)CN2C(=O)N[C@](C)(Cc3ccccc3OC)C2=O)cc1F. The third kappa shape index (κ3) is 3.91. The van der Waals surface area contributed by atoms with Gasteiger partial charge in [-0.25, -0.2) is 9.18 Å². The summed E-state index contributed by atoms with van der Waals surface area (Å²) >= 11 is 0. The second-order valence-corrected chi connectivity index (χ2v) is 6.91.